The highest BCUT2D eigenvalue weighted by molar-refractivity contribution is 6.30. The Balaban J connectivity index is 1.26. The normalized spacial score (nSPS) is 14.1. The van der Waals surface area contributed by atoms with Crippen LogP contribution in [0.1, 0.15) is 10.5 Å². The lowest BCUT2D eigenvalue weighted by Gasteiger charge is -2.36. The molecule has 0 spiro atoms. The summed E-state index contributed by atoms with van der Waals surface area (Å²) >= 11 is 5.93. The third-order valence-corrected chi connectivity index (χ3v) is 4.98. The van der Waals surface area contributed by atoms with Crippen LogP contribution < -0.4 is 10.2 Å². The number of halogens is 1. The topological polar surface area (TPSA) is 91.8 Å². The van der Waals surface area contributed by atoms with Gasteiger partial charge in [0.05, 0.1) is 12.8 Å². The molecule has 1 N–H and O–H groups in total. The van der Waals surface area contributed by atoms with Gasteiger partial charge in [-0.05, 0) is 36.4 Å². The van der Waals surface area contributed by atoms with E-state index < -0.39 is 5.91 Å². The van der Waals surface area contributed by atoms with Crippen LogP contribution in [0.2, 0.25) is 5.02 Å². The van der Waals surface area contributed by atoms with Crippen LogP contribution in [-0.4, -0.2) is 54.6 Å². The van der Waals surface area contributed by atoms with E-state index in [2.05, 4.69) is 15.4 Å². The third kappa shape index (κ3) is 4.43. The maximum Gasteiger partial charge on any atom is 0.273 e. The van der Waals surface area contributed by atoms with E-state index in [1.54, 1.807) is 17.0 Å². The number of benzene rings is 1. The Hall–Kier alpha value is -3.26. The second-order valence-electron chi connectivity index (χ2n) is 6.58. The molecule has 1 fully saturated rings. The van der Waals surface area contributed by atoms with Gasteiger partial charge < -0.3 is 24.1 Å². The van der Waals surface area contributed by atoms with Crippen LogP contribution in [0.4, 0.5) is 5.69 Å². The number of carbonyl (C=O) groups is 2. The van der Waals surface area contributed by atoms with Gasteiger partial charge >= 0.3 is 0 Å². The molecular weight excluding hydrogens is 396 g/mol. The number of furan rings is 1. The van der Waals surface area contributed by atoms with E-state index in [0.717, 1.165) is 18.8 Å². The summed E-state index contributed by atoms with van der Waals surface area (Å²) < 4.78 is 10.3. The van der Waals surface area contributed by atoms with E-state index in [1.165, 1.54) is 12.3 Å². The van der Waals surface area contributed by atoms with Crippen molar-refractivity contribution in [3.63, 3.8) is 0 Å². The van der Waals surface area contributed by atoms with Gasteiger partial charge in [-0.25, -0.2) is 0 Å². The number of amides is 2. The van der Waals surface area contributed by atoms with Crippen molar-refractivity contribution in [1.29, 1.82) is 0 Å². The van der Waals surface area contributed by atoms with Crippen LogP contribution in [0.3, 0.4) is 0 Å². The molecule has 3 heterocycles. The number of hydrogen-bond donors (Lipinski definition) is 1. The van der Waals surface area contributed by atoms with Crippen LogP contribution in [0.25, 0.3) is 11.5 Å². The first-order chi connectivity index (χ1) is 14.1. The molecule has 8 nitrogen and oxygen atoms in total. The number of anilines is 1. The van der Waals surface area contributed by atoms with Gasteiger partial charge in [-0.15, -0.1) is 0 Å². The van der Waals surface area contributed by atoms with Gasteiger partial charge in [0.1, 0.15) is 0 Å². The fourth-order valence-corrected chi connectivity index (χ4v) is 3.27. The smallest absolute Gasteiger partial charge is 0.273 e. The molecule has 4 rings (SSSR count). The summed E-state index contributed by atoms with van der Waals surface area (Å²) in [4.78, 5) is 28.6. The standard InChI is InChI=1S/C20H19ClN4O4/c21-14-3-5-15(6-4-14)24-7-9-25(10-8-24)19(26)13-22-20(27)16-12-18(29-23-16)17-2-1-11-28-17/h1-6,11-12H,7-10,13H2,(H,22,27). The van der Waals surface area contributed by atoms with Crippen LogP contribution in [0.5, 0.6) is 0 Å². The predicted octanol–water partition coefficient (Wildman–Crippen LogP) is 2.67. The van der Waals surface area contributed by atoms with Crippen molar-refractivity contribution >= 4 is 29.1 Å². The van der Waals surface area contributed by atoms with E-state index in [1.807, 2.05) is 24.3 Å². The average Bonchev–Trinajstić information content (AvgIpc) is 3.44. The lowest BCUT2D eigenvalue weighted by molar-refractivity contribution is -0.130. The van der Waals surface area contributed by atoms with Crippen molar-refractivity contribution in [2.75, 3.05) is 37.6 Å². The summed E-state index contributed by atoms with van der Waals surface area (Å²) in [7, 11) is 0. The van der Waals surface area contributed by atoms with Crippen LogP contribution in [0.15, 0.2) is 57.7 Å². The highest BCUT2D eigenvalue weighted by atomic mass is 35.5. The molecule has 29 heavy (non-hydrogen) atoms. The first-order valence-corrected chi connectivity index (χ1v) is 9.55. The molecule has 2 amide bonds. The van der Waals surface area contributed by atoms with Gasteiger partial charge in [0.25, 0.3) is 5.91 Å². The fourth-order valence-electron chi connectivity index (χ4n) is 3.14. The first kappa shape index (κ1) is 19.1. The van der Waals surface area contributed by atoms with Crippen molar-refractivity contribution in [3.8, 4) is 11.5 Å². The Bertz CT molecular complexity index is 976. The van der Waals surface area contributed by atoms with Gasteiger partial charge in [-0.3, -0.25) is 9.59 Å². The summed E-state index contributed by atoms with van der Waals surface area (Å²) in [5.74, 6) is 0.222. The van der Waals surface area contributed by atoms with Crippen molar-refractivity contribution in [2.45, 2.75) is 0 Å². The third-order valence-electron chi connectivity index (χ3n) is 4.73. The number of carbonyl (C=O) groups excluding carboxylic acids is 2. The second kappa shape index (κ2) is 8.40. The van der Waals surface area contributed by atoms with E-state index >= 15 is 0 Å². The predicted molar refractivity (Wildman–Crippen MR) is 107 cm³/mol. The van der Waals surface area contributed by atoms with Gasteiger partial charge in [0.15, 0.2) is 11.5 Å². The lowest BCUT2D eigenvalue weighted by atomic mass is 10.2. The molecule has 1 aliphatic heterocycles. The number of nitrogens with one attached hydrogen (secondary N) is 1. The summed E-state index contributed by atoms with van der Waals surface area (Å²) in [5, 5.41) is 7.01. The van der Waals surface area contributed by atoms with E-state index in [4.69, 9.17) is 20.5 Å². The van der Waals surface area contributed by atoms with Crippen LogP contribution in [0, 0.1) is 0 Å². The first-order valence-electron chi connectivity index (χ1n) is 9.17. The van der Waals surface area contributed by atoms with Crippen LogP contribution >= 0.6 is 11.6 Å². The quantitative estimate of drug-likeness (QED) is 0.690. The van der Waals surface area contributed by atoms with Crippen molar-refractivity contribution in [2.24, 2.45) is 0 Å². The summed E-state index contributed by atoms with van der Waals surface area (Å²) in [6, 6.07) is 12.5. The lowest BCUT2D eigenvalue weighted by Crippen LogP contribution is -2.51. The summed E-state index contributed by atoms with van der Waals surface area (Å²) in [6.45, 7) is 2.52. The van der Waals surface area contributed by atoms with Crippen molar-refractivity contribution in [1.82, 2.24) is 15.4 Å². The zero-order valence-corrected chi connectivity index (χ0v) is 16.3. The molecule has 3 aromatic rings. The Morgan fingerprint density at radius 2 is 1.83 bits per heavy atom. The van der Waals surface area contributed by atoms with Crippen LogP contribution in [-0.2, 0) is 4.79 Å². The molecule has 1 aliphatic rings. The van der Waals surface area contributed by atoms with Gasteiger partial charge in [0, 0.05) is 43.0 Å². The Kier molecular flexibility index (Phi) is 5.53. The number of nitrogens with zero attached hydrogens (tertiary/aromatic N) is 3. The molecule has 1 aromatic carbocycles. The maximum atomic E-state index is 12.4. The van der Waals surface area contributed by atoms with Crippen molar-refractivity contribution in [3.05, 3.63) is 59.4 Å². The molecule has 2 aromatic heterocycles. The highest BCUT2D eigenvalue weighted by Gasteiger charge is 2.22. The number of rotatable bonds is 5. The zero-order chi connectivity index (χ0) is 20.2. The van der Waals surface area contributed by atoms with E-state index in [-0.39, 0.29) is 18.1 Å². The van der Waals surface area contributed by atoms with Gasteiger partial charge in [-0.1, -0.05) is 16.8 Å². The summed E-state index contributed by atoms with van der Waals surface area (Å²) in [5.41, 5.74) is 1.17. The Morgan fingerprint density at radius 1 is 1.07 bits per heavy atom. The molecular formula is C20H19ClN4O4. The van der Waals surface area contributed by atoms with E-state index in [9.17, 15) is 9.59 Å². The maximum absolute atomic E-state index is 12.4. The molecule has 1 saturated heterocycles. The molecule has 150 valence electrons. The minimum Gasteiger partial charge on any atom is -0.461 e. The average molecular weight is 415 g/mol. The number of piperazine rings is 1. The largest absolute Gasteiger partial charge is 0.461 e. The number of hydrogen-bond acceptors (Lipinski definition) is 6. The number of aromatic nitrogens is 1. The highest BCUT2D eigenvalue weighted by Crippen LogP contribution is 2.21. The van der Waals surface area contributed by atoms with Gasteiger partial charge in [0.2, 0.25) is 11.7 Å². The van der Waals surface area contributed by atoms with Gasteiger partial charge in [-0.2, -0.15) is 0 Å². The Labute approximate surface area is 172 Å². The molecule has 0 atom stereocenters. The van der Waals surface area contributed by atoms with E-state index in [0.29, 0.717) is 29.6 Å². The molecule has 9 heteroatoms. The Morgan fingerprint density at radius 3 is 2.52 bits per heavy atom. The van der Waals surface area contributed by atoms with Crippen molar-refractivity contribution < 1.29 is 18.5 Å². The monoisotopic (exact) mass is 414 g/mol. The minimum atomic E-state index is -0.472. The molecule has 0 bridgehead atoms. The SMILES string of the molecule is O=C(NCC(=O)N1CCN(c2ccc(Cl)cc2)CC1)c1cc(-c2ccco2)on1. The minimum absolute atomic E-state index is 0.0942. The summed E-state index contributed by atoms with van der Waals surface area (Å²) in [6.07, 6.45) is 1.50. The molecule has 0 unspecified atom stereocenters. The fraction of sp³-hybridized carbons (Fsp3) is 0.250. The molecule has 0 aliphatic carbocycles. The zero-order valence-electron chi connectivity index (χ0n) is 15.5. The second-order valence-corrected chi connectivity index (χ2v) is 7.02. The molecule has 0 saturated carbocycles. The molecule has 0 radical (unpaired) electrons.